The van der Waals surface area contributed by atoms with E-state index in [4.69, 9.17) is 4.98 Å². The predicted molar refractivity (Wildman–Crippen MR) is 92.9 cm³/mol. The van der Waals surface area contributed by atoms with Crippen molar-refractivity contribution < 1.29 is 4.39 Å². The Balaban J connectivity index is 1.43. The summed E-state index contributed by atoms with van der Waals surface area (Å²) in [5, 5.41) is 0.920. The number of nitrogens with one attached hydrogen (secondary N) is 2. The fourth-order valence-corrected chi connectivity index (χ4v) is 3.72. The summed E-state index contributed by atoms with van der Waals surface area (Å²) >= 11 is 0. The number of halogens is 1. The highest BCUT2D eigenvalue weighted by atomic mass is 19.1. The average Bonchev–Trinajstić information content (AvgIpc) is 3.38. The summed E-state index contributed by atoms with van der Waals surface area (Å²) in [6, 6.07) is 4.81. The van der Waals surface area contributed by atoms with Crippen molar-refractivity contribution in [2.75, 3.05) is 6.54 Å². The molecule has 3 heterocycles. The zero-order valence-corrected chi connectivity index (χ0v) is 13.8. The van der Waals surface area contributed by atoms with Gasteiger partial charge in [-0.2, -0.15) is 0 Å². The lowest BCUT2D eigenvalue weighted by atomic mass is 10.0. The quantitative estimate of drug-likeness (QED) is 0.772. The highest BCUT2D eigenvalue weighted by Gasteiger charge is 2.29. The summed E-state index contributed by atoms with van der Waals surface area (Å²) in [4.78, 5) is 25.5. The Kier molecular flexibility index (Phi) is 3.28. The van der Waals surface area contributed by atoms with Crippen molar-refractivity contribution in [2.45, 2.75) is 38.3 Å². The van der Waals surface area contributed by atoms with Gasteiger partial charge in [-0.15, -0.1) is 0 Å². The number of hydrogen-bond donors (Lipinski definition) is 2. The van der Waals surface area contributed by atoms with Gasteiger partial charge in [0.25, 0.3) is 5.56 Å². The van der Waals surface area contributed by atoms with Gasteiger partial charge in [0.15, 0.2) is 0 Å². The number of aromatic amines is 2. The Labute approximate surface area is 143 Å². The highest BCUT2D eigenvalue weighted by Crippen LogP contribution is 2.37. The first kappa shape index (κ1) is 14.8. The van der Waals surface area contributed by atoms with Crippen LogP contribution in [0.25, 0.3) is 10.9 Å². The van der Waals surface area contributed by atoms with Crippen LogP contribution in [0.1, 0.15) is 41.4 Å². The van der Waals surface area contributed by atoms with Crippen LogP contribution in [0.3, 0.4) is 0 Å². The van der Waals surface area contributed by atoms with Gasteiger partial charge >= 0.3 is 0 Å². The largest absolute Gasteiger partial charge is 0.361 e. The first-order valence-corrected chi connectivity index (χ1v) is 8.77. The molecule has 0 amide bonds. The second-order valence-corrected chi connectivity index (χ2v) is 7.12. The molecule has 0 bridgehead atoms. The molecule has 128 valence electrons. The van der Waals surface area contributed by atoms with Gasteiger partial charge in [0.1, 0.15) is 11.6 Å². The molecule has 5 rings (SSSR count). The van der Waals surface area contributed by atoms with E-state index in [-0.39, 0.29) is 11.4 Å². The Morgan fingerprint density at radius 1 is 1.32 bits per heavy atom. The summed E-state index contributed by atoms with van der Waals surface area (Å²) in [5.74, 6) is 1.06. The molecule has 25 heavy (non-hydrogen) atoms. The minimum absolute atomic E-state index is 0.0284. The maximum atomic E-state index is 13.6. The van der Waals surface area contributed by atoms with E-state index in [1.54, 1.807) is 12.1 Å². The minimum Gasteiger partial charge on any atom is -0.361 e. The first-order chi connectivity index (χ1) is 12.2. The van der Waals surface area contributed by atoms with E-state index in [9.17, 15) is 9.18 Å². The van der Waals surface area contributed by atoms with Gasteiger partial charge in [-0.3, -0.25) is 9.69 Å². The van der Waals surface area contributed by atoms with E-state index in [1.165, 1.54) is 6.07 Å². The van der Waals surface area contributed by atoms with Crippen molar-refractivity contribution in [2.24, 2.45) is 0 Å². The summed E-state index contributed by atoms with van der Waals surface area (Å²) < 4.78 is 13.6. The van der Waals surface area contributed by atoms with Gasteiger partial charge in [-0.25, -0.2) is 9.37 Å². The van der Waals surface area contributed by atoms with Crippen molar-refractivity contribution in [3.05, 3.63) is 63.2 Å². The molecule has 1 aliphatic heterocycles. The molecule has 1 fully saturated rings. The molecule has 3 aromatic rings. The molecule has 6 heteroatoms. The molecule has 2 aliphatic rings. The second kappa shape index (κ2) is 5.52. The topological polar surface area (TPSA) is 64.8 Å². The summed E-state index contributed by atoms with van der Waals surface area (Å²) in [6.45, 7) is 2.19. The van der Waals surface area contributed by atoms with Gasteiger partial charge in [-0.1, -0.05) is 0 Å². The number of rotatable bonds is 3. The van der Waals surface area contributed by atoms with Crippen LogP contribution in [0.15, 0.2) is 29.2 Å². The van der Waals surface area contributed by atoms with Crippen LogP contribution in [-0.4, -0.2) is 26.4 Å². The molecule has 0 unspecified atom stereocenters. The Morgan fingerprint density at radius 2 is 2.20 bits per heavy atom. The lowest BCUT2D eigenvalue weighted by molar-refractivity contribution is 0.241. The summed E-state index contributed by atoms with van der Waals surface area (Å²) in [5.41, 5.74) is 3.78. The Bertz CT molecular complexity index is 1020. The highest BCUT2D eigenvalue weighted by molar-refractivity contribution is 5.83. The lowest BCUT2D eigenvalue weighted by Crippen LogP contribution is -2.35. The van der Waals surface area contributed by atoms with E-state index in [0.29, 0.717) is 18.9 Å². The maximum Gasteiger partial charge on any atom is 0.254 e. The average molecular weight is 338 g/mol. The predicted octanol–water partition coefficient (Wildman–Crippen LogP) is 2.83. The van der Waals surface area contributed by atoms with E-state index in [1.807, 2.05) is 6.20 Å². The van der Waals surface area contributed by atoms with Gasteiger partial charge in [0, 0.05) is 48.2 Å². The van der Waals surface area contributed by atoms with Crippen LogP contribution in [0, 0.1) is 5.82 Å². The maximum absolute atomic E-state index is 13.6. The van der Waals surface area contributed by atoms with Crippen molar-refractivity contribution in [3.63, 3.8) is 0 Å². The zero-order valence-electron chi connectivity index (χ0n) is 13.8. The Hall–Kier alpha value is -2.47. The van der Waals surface area contributed by atoms with Crippen LogP contribution < -0.4 is 5.56 Å². The molecule has 1 aromatic carbocycles. The van der Waals surface area contributed by atoms with Crippen LogP contribution in [-0.2, 0) is 19.5 Å². The van der Waals surface area contributed by atoms with E-state index >= 15 is 0 Å². The van der Waals surface area contributed by atoms with E-state index < -0.39 is 0 Å². The fourth-order valence-electron chi connectivity index (χ4n) is 3.72. The molecule has 1 saturated carbocycles. The molecule has 0 atom stereocenters. The van der Waals surface area contributed by atoms with Crippen molar-refractivity contribution in [1.29, 1.82) is 0 Å². The Morgan fingerprint density at radius 3 is 3.04 bits per heavy atom. The van der Waals surface area contributed by atoms with E-state index in [0.717, 1.165) is 59.5 Å². The van der Waals surface area contributed by atoms with Crippen LogP contribution >= 0.6 is 0 Å². The van der Waals surface area contributed by atoms with Gasteiger partial charge in [0.05, 0.1) is 5.69 Å². The van der Waals surface area contributed by atoms with Gasteiger partial charge in [-0.05, 0) is 43.0 Å². The number of hydrogen-bond acceptors (Lipinski definition) is 3. The van der Waals surface area contributed by atoms with Crippen molar-refractivity contribution in [1.82, 2.24) is 19.9 Å². The molecule has 0 saturated heterocycles. The molecule has 0 radical (unpaired) electrons. The SMILES string of the molecule is O=c1[nH]c(C2CC2)nc2c1CCN(Cc1c[nH]c3ccc(F)cc13)C2. The molecular formula is C19H19FN4O. The third kappa shape index (κ3) is 2.66. The number of aromatic nitrogens is 3. The number of benzene rings is 1. The van der Waals surface area contributed by atoms with Crippen molar-refractivity contribution >= 4 is 10.9 Å². The molecule has 5 nitrogen and oxygen atoms in total. The third-order valence-corrected chi connectivity index (χ3v) is 5.26. The number of nitrogens with zero attached hydrogens (tertiary/aromatic N) is 2. The van der Waals surface area contributed by atoms with Gasteiger partial charge < -0.3 is 9.97 Å². The second-order valence-electron chi connectivity index (χ2n) is 7.12. The fraction of sp³-hybridized carbons (Fsp3) is 0.368. The summed E-state index contributed by atoms with van der Waals surface area (Å²) in [7, 11) is 0. The number of fused-ring (bicyclic) bond motifs is 2. The molecule has 2 aromatic heterocycles. The minimum atomic E-state index is -0.223. The van der Waals surface area contributed by atoms with E-state index in [2.05, 4.69) is 14.9 Å². The van der Waals surface area contributed by atoms with Crippen LogP contribution in [0.2, 0.25) is 0 Å². The molecular weight excluding hydrogens is 319 g/mol. The zero-order chi connectivity index (χ0) is 17.0. The normalized spacial score (nSPS) is 17.8. The molecule has 2 N–H and O–H groups in total. The smallest absolute Gasteiger partial charge is 0.254 e. The lowest BCUT2D eigenvalue weighted by Gasteiger charge is -2.27. The monoisotopic (exact) mass is 338 g/mol. The van der Waals surface area contributed by atoms with Gasteiger partial charge in [0.2, 0.25) is 0 Å². The van der Waals surface area contributed by atoms with Crippen LogP contribution in [0.5, 0.6) is 0 Å². The third-order valence-electron chi connectivity index (χ3n) is 5.26. The molecule has 0 spiro atoms. The standard InChI is InChI=1S/C19H19FN4O/c20-13-3-4-16-15(7-13)12(8-21-16)9-24-6-5-14-17(10-24)22-18(11-1-2-11)23-19(14)25/h3-4,7-8,11,21H,1-2,5-6,9-10H2,(H,22,23,25). The van der Waals surface area contributed by atoms with Crippen LogP contribution in [0.4, 0.5) is 4.39 Å². The first-order valence-electron chi connectivity index (χ1n) is 8.77. The molecule has 1 aliphatic carbocycles. The summed E-state index contributed by atoms with van der Waals surface area (Å²) in [6.07, 6.45) is 4.89. The van der Waals surface area contributed by atoms with Crippen molar-refractivity contribution in [3.8, 4) is 0 Å². The number of H-pyrrole nitrogens is 2.